The number of hydrogen-bond acceptors (Lipinski definition) is 5. The summed E-state index contributed by atoms with van der Waals surface area (Å²) >= 11 is 0. The summed E-state index contributed by atoms with van der Waals surface area (Å²) in [5.74, 6) is -2.89. The van der Waals surface area contributed by atoms with Crippen molar-refractivity contribution in [2.75, 3.05) is 19.6 Å². The zero-order valence-corrected chi connectivity index (χ0v) is 10.8. The minimum atomic E-state index is -1.23. The number of rotatable bonds is 3. The average molecular weight is 297 g/mol. The van der Waals surface area contributed by atoms with E-state index in [-0.39, 0.29) is 13.1 Å². The van der Waals surface area contributed by atoms with Gasteiger partial charge in [0, 0.05) is 25.7 Å². The standard InChI is InChI=1S/C12H12FN3O5/c13-7-1-2-9(16(20)21)8(5-7)11(17)15-4-3-14-6-10(15)12(18)19/h1-2,5,10,14H,3-4,6H2,(H,18,19). The van der Waals surface area contributed by atoms with E-state index in [1.54, 1.807) is 0 Å². The summed E-state index contributed by atoms with van der Waals surface area (Å²) in [6.45, 7) is 0.465. The van der Waals surface area contributed by atoms with Crippen molar-refractivity contribution in [3.63, 3.8) is 0 Å². The Balaban J connectivity index is 2.40. The third-order valence-corrected chi connectivity index (χ3v) is 3.18. The number of halogens is 1. The van der Waals surface area contributed by atoms with E-state index in [9.17, 15) is 24.1 Å². The van der Waals surface area contributed by atoms with E-state index in [0.717, 1.165) is 23.1 Å². The maximum atomic E-state index is 13.3. The lowest BCUT2D eigenvalue weighted by Crippen LogP contribution is -2.57. The predicted octanol–water partition coefficient (Wildman–Crippen LogP) is 0.233. The number of carbonyl (C=O) groups excluding carboxylic acids is 1. The number of nitro groups is 1. The molecule has 0 aliphatic carbocycles. The monoisotopic (exact) mass is 297 g/mol. The van der Waals surface area contributed by atoms with Crippen LogP contribution in [0.4, 0.5) is 10.1 Å². The molecule has 1 saturated heterocycles. The molecule has 1 aliphatic rings. The van der Waals surface area contributed by atoms with Crippen LogP contribution in [0.3, 0.4) is 0 Å². The van der Waals surface area contributed by atoms with Gasteiger partial charge in [-0.3, -0.25) is 14.9 Å². The van der Waals surface area contributed by atoms with Crippen LogP contribution < -0.4 is 5.32 Å². The summed E-state index contributed by atoms with van der Waals surface area (Å²) in [6.07, 6.45) is 0. The van der Waals surface area contributed by atoms with Gasteiger partial charge in [-0.05, 0) is 12.1 Å². The molecule has 1 amide bonds. The molecule has 0 aromatic heterocycles. The van der Waals surface area contributed by atoms with Crippen molar-refractivity contribution in [1.29, 1.82) is 0 Å². The Bertz CT molecular complexity index is 607. The summed E-state index contributed by atoms with van der Waals surface area (Å²) < 4.78 is 13.3. The van der Waals surface area contributed by atoms with Gasteiger partial charge in [-0.25, -0.2) is 9.18 Å². The van der Waals surface area contributed by atoms with Crippen molar-refractivity contribution in [3.8, 4) is 0 Å². The highest BCUT2D eigenvalue weighted by Gasteiger charge is 2.35. The number of nitro benzene ring substituents is 1. The molecule has 0 bridgehead atoms. The van der Waals surface area contributed by atoms with Crippen LogP contribution in [0, 0.1) is 15.9 Å². The molecule has 1 atom stereocenters. The topological polar surface area (TPSA) is 113 Å². The number of nitrogens with zero attached hydrogens (tertiary/aromatic N) is 2. The molecule has 9 heteroatoms. The van der Waals surface area contributed by atoms with Gasteiger partial charge >= 0.3 is 5.97 Å². The van der Waals surface area contributed by atoms with Gasteiger partial charge in [0.15, 0.2) is 0 Å². The molecule has 1 aromatic rings. The predicted molar refractivity (Wildman–Crippen MR) is 68.4 cm³/mol. The van der Waals surface area contributed by atoms with Gasteiger partial charge in [-0.1, -0.05) is 0 Å². The van der Waals surface area contributed by atoms with E-state index in [0.29, 0.717) is 6.54 Å². The molecular weight excluding hydrogens is 285 g/mol. The highest BCUT2D eigenvalue weighted by molar-refractivity contribution is 6.00. The molecule has 0 saturated carbocycles. The van der Waals surface area contributed by atoms with Crippen LogP contribution in [0.1, 0.15) is 10.4 Å². The molecule has 1 aliphatic heterocycles. The number of aliphatic carboxylic acids is 1. The first-order chi connectivity index (χ1) is 9.91. The second-order valence-corrected chi connectivity index (χ2v) is 4.48. The molecule has 1 heterocycles. The minimum Gasteiger partial charge on any atom is -0.480 e. The Kier molecular flexibility index (Phi) is 4.13. The maximum Gasteiger partial charge on any atom is 0.327 e. The van der Waals surface area contributed by atoms with Gasteiger partial charge in [0.1, 0.15) is 17.4 Å². The molecule has 0 spiro atoms. The van der Waals surface area contributed by atoms with Crippen molar-refractivity contribution < 1.29 is 24.0 Å². The van der Waals surface area contributed by atoms with E-state index in [2.05, 4.69) is 5.32 Å². The normalized spacial score (nSPS) is 18.3. The fraction of sp³-hybridized carbons (Fsp3) is 0.333. The molecule has 2 N–H and O–H groups in total. The van der Waals surface area contributed by atoms with Crippen LogP contribution >= 0.6 is 0 Å². The molecule has 8 nitrogen and oxygen atoms in total. The number of amides is 1. The first-order valence-corrected chi connectivity index (χ1v) is 6.10. The highest BCUT2D eigenvalue weighted by Crippen LogP contribution is 2.22. The van der Waals surface area contributed by atoms with Crippen LogP contribution in [0.2, 0.25) is 0 Å². The number of carbonyl (C=O) groups is 2. The van der Waals surface area contributed by atoms with Gasteiger partial charge in [-0.2, -0.15) is 0 Å². The molecule has 112 valence electrons. The van der Waals surface area contributed by atoms with E-state index in [4.69, 9.17) is 5.11 Å². The fourth-order valence-electron chi connectivity index (χ4n) is 2.16. The minimum absolute atomic E-state index is 0.0319. The highest BCUT2D eigenvalue weighted by atomic mass is 19.1. The Labute approximate surface area is 118 Å². The Morgan fingerprint density at radius 1 is 1.48 bits per heavy atom. The quantitative estimate of drug-likeness (QED) is 0.610. The lowest BCUT2D eigenvalue weighted by atomic mass is 10.1. The van der Waals surface area contributed by atoms with E-state index in [1.165, 1.54) is 0 Å². The van der Waals surface area contributed by atoms with Crippen molar-refractivity contribution in [2.24, 2.45) is 0 Å². The van der Waals surface area contributed by atoms with Crippen LogP contribution in [0.25, 0.3) is 0 Å². The number of carboxylic acids is 1. The lowest BCUT2D eigenvalue weighted by Gasteiger charge is -2.33. The average Bonchev–Trinajstić information content (AvgIpc) is 2.46. The van der Waals surface area contributed by atoms with E-state index >= 15 is 0 Å². The third kappa shape index (κ3) is 2.97. The molecular formula is C12H12FN3O5. The van der Waals surface area contributed by atoms with Gasteiger partial charge in [0.05, 0.1) is 4.92 Å². The van der Waals surface area contributed by atoms with Crippen molar-refractivity contribution in [1.82, 2.24) is 10.2 Å². The number of hydrogen-bond donors (Lipinski definition) is 2. The van der Waals surface area contributed by atoms with Gasteiger partial charge in [-0.15, -0.1) is 0 Å². The zero-order valence-electron chi connectivity index (χ0n) is 10.8. The van der Waals surface area contributed by atoms with Crippen LogP contribution in [-0.4, -0.2) is 52.5 Å². The first-order valence-electron chi connectivity index (χ1n) is 6.10. The van der Waals surface area contributed by atoms with E-state index < -0.39 is 39.9 Å². The van der Waals surface area contributed by atoms with Gasteiger partial charge in [0.2, 0.25) is 0 Å². The number of carboxylic acid groups (broad SMARTS) is 1. The molecule has 0 radical (unpaired) electrons. The summed E-state index contributed by atoms with van der Waals surface area (Å²) in [6, 6.07) is 1.37. The van der Waals surface area contributed by atoms with Crippen molar-refractivity contribution in [3.05, 3.63) is 39.7 Å². The fourth-order valence-corrected chi connectivity index (χ4v) is 2.16. The molecule has 1 fully saturated rings. The maximum absolute atomic E-state index is 13.3. The molecule has 2 rings (SSSR count). The van der Waals surface area contributed by atoms with E-state index in [1.807, 2.05) is 0 Å². The second-order valence-electron chi connectivity index (χ2n) is 4.48. The number of nitrogens with one attached hydrogen (secondary N) is 1. The smallest absolute Gasteiger partial charge is 0.327 e. The molecule has 21 heavy (non-hydrogen) atoms. The number of benzene rings is 1. The molecule has 1 aromatic carbocycles. The summed E-state index contributed by atoms with van der Waals surface area (Å²) in [7, 11) is 0. The summed E-state index contributed by atoms with van der Waals surface area (Å²) in [5.41, 5.74) is -1.00. The SMILES string of the molecule is O=C(O)C1CNCCN1C(=O)c1cc(F)ccc1[N+](=O)[O-]. The Morgan fingerprint density at radius 2 is 2.19 bits per heavy atom. The van der Waals surface area contributed by atoms with Crippen molar-refractivity contribution in [2.45, 2.75) is 6.04 Å². The Hall–Kier alpha value is -2.55. The second kappa shape index (κ2) is 5.83. The zero-order chi connectivity index (χ0) is 15.6. The summed E-state index contributed by atoms with van der Waals surface area (Å²) in [5, 5.41) is 22.8. The van der Waals surface area contributed by atoms with Crippen molar-refractivity contribution >= 4 is 17.6 Å². The summed E-state index contributed by atoms with van der Waals surface area (Å²) in [4.78, 5) is 34.6. The molecule has 1 unspecified atom stereocenters. The Morgan fingerprint density at radius 3 is 2.81 bits per heavy atom. The van der Waals surface area contributed by atoms with Crippen LogP contribution in [0.5, 0.6) is 0 Å². The lowest BCUT2D eigenvalue weighted by molar-refractivity contribution is -0.385. The van der Waals surface area contributed by atoms with Crippen LogP contribution in [-0.2, 0) is 4.79 Å². The van der Waals surface area contributed by atoms with Gasteiger partial charge in [0.25, 0.3) is 11.6 Å². The third-order valence-electron chi connectivity index (χ3n) is 3.18. The van der Waals surface area contributed by atoms with Crippen LogP contribution in [0.15, 0.2) is 18.2 Å². The largest absolute Gasteiger partial charge is 0.480 e. The van der Waals surface area contributed by atoms with Gasteiger partial charge < -0.3 is 15.3 Å². The first kappa shape index (κ1) is 14.9. The number of piperazine rings is 1.